The molecule has 19 heavy (non-hydrogen) atoms. The Morgan fingerprint density at radius 3 is 2.84 bits per heavy atom. The van der Waals surface area contributed by atoms with Gasteiger partial charge in [-0.25, -0.2) is 9.78 Å². The Hall–Kier alpha value is -1.66. The van der Waals surface area contributed by atoms with Gasteiger partial charge < -0.3 is 20.5 Å². The number of hydrogen-bond acceptors (Lipinski definition) is 6. The maximum atomic E-state index is 11.4. The first-order chi connectivity index (χ1) is 9.13. The second-order valence-electron chi connectivity index (χ2n) is 4.13. The van der Waals surface area contributed by atoms with Gasteiger partial charge in [0.1, 0.15) is 5.82 Å². The van der Waals surface area contributed by atoms with Crippen molar-refractivity contribution in [2.75, 3.05) is 31.6 Å². The summed E-state index contributed by atoms with van der Waals surface area (Å²) in [6, 6.07) is 3.41. The molecule has 1 aromatic rings. The predicted octanol–water partition coefficient (Wildman–Crippen LogP) is 0.641. The third-order valence-corrected chi connectivity index (χ3v) is 2.32. The van der Waals surface area contributed by atoms with Crippen LogP contribution in [0.1, 0.15) is 24.2 Å². The molecule has 1 heterocycles. The number of anilines is 1. The predicted molar refractivity (Wildman–Crippen MR) is 73.2 cm³/mol. The van der Waals surface area contributed by atoms with Crippen molar-refractivity contribution in [2.24, 2.45) is 0 Å². The maximum absolute atomic E-state index is 11.4. The lowest BCUT2D eigenvalue weighted by molar-refractivity contribution is 0.0526. The third kappa shape index (κ3) is 6.17. The molecule has 3 N–H and O–H groups in total. The summed E-state index contributed by atoms with van der Waals surface area (Å²) in [6.07, 6.45) is 1.14. The first kappa shape index (κ1) is 15.4. The van der Waals surface area contributed by atoms with Crippen LogP contribution in [-0.2, 0) is 4.74 Å². The molecule has 0 aliphatic rings. The number of aliphatic hydroxyl groups excluding tert-OH is 1. The van der Waals surface area contributed by atoms with Crippen LogP contribution in [0.15, 0.2) is 18.3 Å². The van der Waals surface area contributed by atoms with Gasteiger partial charge in [0.25, 0.3) is 0 Å². The number of carbonyl (C=O) groups is 1. The molecule has 106 valence electrons. The zero-order chi connectivity index (χ0) is 14.1. The monoisotopic (exact) mass is 267 g/mol. The van der Waals surface area contributed by atoms with E-state index in [1.54, 1.807) is 26.0 Å². The van der Waals surface area contributed by atoms with Crippen LogP contribution in [0.2, 0.25) is 0 Å². The van der Waals surface area contributed by atoms with E-state index in [0.29, 0.717) is 31.1 Å². The average Bonchev–Trinajstić information content (AvgIpc) is 2.39. The van der Waals surface area contributed by atoms with E-state index >= 15 is 0 Å². The van der Waals surface area contributed by atoms with Crippen LogP contribution in [-0.4, -0.2) is 48.4 Å². The Morgan fingerprint density at radius 2 is 2.26 bits per heavy atom. The smallest absolute Gasteiger partial charge is 0.339 e. The third-order valence-electron chi connectivity index (χ3n) is 2.32. The number of pyridine rings is 1. The van der Waals surface area contributed by atoms with Gasteiger partial charge in [-0.1, -0.05) is 0 Å². The molecule has 0 bridgehead atoms. The standard InChI is InChI=1S/C13H21N3O3/c1-3-19-13(18)11-4-5-12(16-9-11)15-7-6-14-8-10(2)17/h4-5,9-10,14,17H,3,6-8H2,1-2H3,(H,15,16). The molecular weight excluding hydrogens is 246 g/mol. The van der Waals surface area contributed by atoms with Crippen LogP contribution in [0.25, 0.3) is 0 Å². The molecule has 0 aromatic carbocycles. The molecule has 1 atom stereocenters. The molecule has 0 saturated heterocycles. The molecule has 1 aromatic heterocycles. The van der Waals surface area contributed by atoms with Crippen molar-refractivity contribution in [3.05, 3.63) is 23.9 Å². The van der Waals surface area contributed by atoms with Crippen molar-refractivity contribution in [3.63, 3.8) is 0 Å². The molecule has 0 fully saturated rings. The number of nitrogens with zero attached hydrogens (tertiary/aromatic N) is 1. The van der Waals surface area contributed by atoms with Crippen LogP contribution < -0.4 is 10.6 Å². The average molecular weight is 267 g/mol. The van der Waals surface area contributed by atoms with Gasteiger partial charge in [0.2, 0.25) is 0 Å². The molecule has 0 radical (unpaired) electrons. The Kier molecular flexibility index (Phi) is 6.84. The highest BCUT2D eigenvalue weighted by molar-refractivity contribution is 5.89. The fraction of sp³-hybridized carbons (Fsp3) is 0.538. The normalized spacial score (nSPS) is 11.9. The number of ether oxygens (including phenoxy) is 1. The number of aromatic nitrogens is 1. The largest absolute Gasteiger partial charge is 0.462 e. The number of aliphatic hydroxyl groups is 1. The lowest BCUT2D eigenvalue weighted by Crippen LogP contribution is -2.29. The van der Waals surface area contributed by atoms with Crippen molar-refractivity contribution in [2.45, 2.75) is 20.0 Å². The molecule has 0 aliphatic carbocycles. The Labute approximate surface area is 113 Å². The van der Waals surface area contributed by atoms with E-state index < -0.39 is 0 Å². The van der Waals surface area contributed by atoms with Gasteiger partial charge >= 0.3 is 5.97 Å². The van der Waals surface area contributed by atoms with Crippen molar-refractivity contribution >= 4 is 11.8 Å². The van der Waals surface area contributed by atoms with Gasteiger partial charge in [0.05, 0.1) is 18.3 Å². The summed E-state index contributed by atoms with van der Waals surface area (Å²) in [4.78, 5) is 15.5. The number of nitrogens with one attached hydrogen (secondary N) is 2. The maximum Gasteiger partial charge on any atom is 0.339 e. The fourth-order valence-electron chi connectivity index (χ4n) is 1.42. The summed E-state index contributed by atoms with van der Waals surface area (Å²) in [6.45, 7) is 5.84. The van der Waals surface area contributed by atoms with Crippen LogP contribution in [0.4, 0.5) is 5.82 Å². The first-order valence-electron chi connectivity index (χ1n) is 6.39. The summed E-state index contributed by atoms with van der Waals surface area (Å²) < 4.78 is 4.87. The Morgan fingerprint density at radius 1 is 1.47 bits per heavy atom. The molecule has 6 nitrogen and oxygen atoms in total. The topological polar surface area (TPSA) is 83.5 Å². The van der Waals surface area contributed by atoms with Crippen LogP contribution >= 0.6 is 0 Å². The molecule has 0 amide bonds. The lowest BCUT2D eigenvalue weighted by Gasteiger charge is -2.08. The second-order valence-corrected chi connectivity index (χ2v) is 4.13. The molecule has 0 spiro atoms. The van der Waals surface area contributed by atoms with Gasteiger partial charge in [0, 0.05) is 25.8 Å². The zero-order valence-corrected chi connectivity index (χ0v) is 11.3. The lowest BCUT2D eigenvalue weighted by atomic mass is 10.3. The molecule has 0 aliphatic heterocycles. The van der Waals surface area contributed by atoms with Gasteiger partial charge in [-0.05, 0) is 26.0 Å². The van der Waals surface area contributed by atoms with Gasteiger partial charge in [0.15, 0.2) is 0 Å². The highest BCUT2D eigenvalue weighted by atomic mass is 16.5. The molecule has 0 saturated carbocycles. The number of carbonyl (C=O) groups excluding carboxylic acids is 1. The molecular formula is C13H21N3O3. The highest BCUT2D eigenvalue weighted by Gasteiger charge is 2.06. The Balaban J connectivity index is 2.30. The van der Waals surface area contributed by atoms with Crippen LogP contribution in [0.5, 0.6) is 0 Å². The quantitative estimate of drug-likeness (QED) is 0.473. The Bertz CT molecular complexity index is 379. The number of hydrogen-bond donors (Lipinski definition) is 3. The van der Waals surface area contributed by atoms with Crippen molar-refractivity contribution in [3.8, 4) is 0 Å². The van der Waals surface area contributed by atoms with Crippen molar-refractivity contribution in [1.29, 1.82) is 0 Å². The van der Waals surface area contributed by atoms with Crippen molar-refractivity contribution in [1.82, 2.24) is 10.3 Å². The summed E-state index contributed by atoms with van der Waals surface area (Å²) in [5.41, 5.74) is 0.444. The molecule has 6 heteroatoms. The SMILES string of the molecule is CCOC(=O)c1ccc(NCCNCC(C)O)nc1. The van der Waals surface area contributed by atoms with Crippen molar-refractivity contribution < 1.29 is 14.6 Å². The van der Waals surface area contributed by atoms with E-state index in [4.69, 9.17) is 9.84 Å². The summed E-state index contributed by atoms with van der Waals surface area (Å²) in [5, 5.41) is 15.3. The number of rotatable bonds is 8. The van der Waals surface area contributed by atoms with E-state index in [2.05, 4.69) is 15.6 Å². The second kappa shape index (κ2) is 8.44. The fourth-order valence-corrected chi connectivity index (χ4v) is 1.42. The highest BCUT2D eigenvalue weighted by Crippen LogP contribution is 2.05. The van der Waals surface area contributed by atoms with E-state index in [1.807, 2.05) is 0 Å². The minimum atomic E-state index is -0.361. The van der Waals surface area contributed by atoms with Gasteiger partial charge in [-0.2, -0.15) is 0 Å². The first-order valence-corrected chi connectivity index (χ1v) is 6.39. The summed E-state index contributed by atoms with van der Waals surface area (Å²) >= 11 is 0. The van der Waals surface area contributed by atoms with E-state index in [-0.39, 0.29) is 12.1 Å². The van der Waals surface area contributed by atoms with Gasteiger partial charge in [-0.3, -0.25) is 0 Å². The molecule has 1 rings (SSSR count). The minimum Gasteiger partial charge on any atom is -0.462 e. The zero-order valence-electron chi connectivity index (χ0n) is 11.3. The number of esters is 1. The van der Waals surface area contributed by atoms with E-state index in [1.165, 1.54) is 6.20 Å². The van der Waals surface area contributed by atoms with E-state index in [9.17, 15) is 4.79 Å². The minimum absolute atomic E-state index is 0.345. The summed E-state index contributed by atoms with van der Waals surface area (Å²) in [5.74, 6) is 0.340. The van der Waals surface area contributed by atoms with Crippen LogP contribution in [0, 0.1) is 0 Å². The van der Waals surface area contributed by atoms with Gasteiger partial charge in [-0.15, -0.1) is 0 Å². The molecule has 1 unspecified atom stereocenters. The van der Waals surface area contributed by atoms with E-state index in [0.717, 1.165) is 6.54 Å². The summed E-state index contributed by atoms with van der Waals surface area (Å²) in [7, 11) is 0. The van der Waals surface area contributed by atoms with Crippen LogP contribution in [0.3, 0.4) is 0 Å².